The van der Waals surface area contributed by atoms with Crippen molar-refractivity contribution in [3.63, 3.8) is 0 Å². The van der Waals surface area contributed by atoms with Crippen LogP contribution in [0.1, 0.15) is 38.5 Å². The van der Waals surface area contributed by atoms with E-state index in [1.54, 1.807) is 17.9 Å². The molecule has 7 heteroatoms. The average molecular weight is 263 g/mol. The summed E-state index contributed by atoms with van der Waals surface area (Å²) in [5.74, 6) is 1.03. The van der Waals surface area contributed by atoms with E-state index in [-0.39, 0.29) is 0 Å². The van der Waals surface area contributed by atoms with Gasteiger partial charge < -0.3 is 9.26 Å². The second-order valence-electron chi connectivity index (χ2n) is 4.83. The highest BCUT2D eigenvalue weighted by atomic mass is 16.5. The van der Waals surface area contributed by atoms with Crippen molar-refractivity contribution < 1.29 is 9.26 Å². The van der Waals surface area contributed by atoms with Crippen LogP contribution in [0.5, 0.6) is 0 Å². The van der Waals surface area contributed by atoms with Crippen molar-refractivity contribution in [2.24, 2.45) is 7.05 Å². The fourth-order valence-corrected chi connectivity index (χ4v) is 2.60. The van der Waals surface area contributed by atoms with Crippen molar-refractivity contribution in [3.8, 4) is 11.5 Å². The molecule has 0 aromatic carbocycles. The second kappa shape index (κ2) is 4.73. The molecule has 1 aliphatic rings. The van der Waals surface area contributed by atoms with Gasteiger partial charge >= 0.3 is 0 Å². The molecule has 0 spiro atoms. The van der Waals surface area contributed by atoms with Gasteiger partial charge in [0.25, 0.3) is 5.89 Å². The third kappa shape index (κ3) is 2.14. The standard InChI is InChI=1S/C12H17N5O2/c1-3-18-12(6-4-5-7-12)11-13-10(15-19-11)9-8-17(2)16-14-9/h8H,3-7H2,1-2H3. The van der Waals surface area contributed by atoms with Gasteiger partial charge in [0.15, 0.2) is 5.69 Å². The highest BCUT2D eigenvalue weighted by Gasteiger charge is 2.41. The second-order valence-corrected chi connectivity index (χ2v) is 4.83. The summed E-state index contributed by atoms with van der Waals surface area (Å²) in [4.78, 5) is 4.45. The van der Waals surface area contributed by atoms with E-state index in [4.69, 9.17) is 9.26 Å². The maximum atomic E-state index is 5.89. The first-order valence-electron chi connectivity index (χ1n) is 6.58. The summed E-state index contributed by atoms with van der Waals surface area (Å²) in [6.07, 6.45) is 5.88. The van der Waals surface area contributed by atoms with Crippen LogP contribution in [-0.4, -0.2) is 31.7 Å². The van der Waals surface area contributed by atoms with Crippen LogP contribution in [-0.2, 0) is 17.4 Å². The minimum Gasteiger partial charge on any atom is -0.365 e. The zero-order valence-electron chi connectivity index (χ0n) is 11.2. The lowest BCUT2D eigenvalue weighted by molar-refractivity contribution is -0.0610. The monoisotopic (exact) mass is 263 g/mol. The Morgan fingerprint density at radius 3 is 2.84 bits per heavy atom. The molecule has 0 aliphatic heterocycles. The minimum atomic E-state index is -0.401. The van der Waals surface area contributed by atoms with E-state index in [0.717, 1.165) is 25.7 Å². The molecular weight excluding hydrogens is 246 g/mol. The van der Waals surface area contributed by atoms with Crippen LogP contribution < -0.4 is 0 Å². The highest BCUT2D eigenvalue weighted by molar-refractivity contribution is 5.45. The number of hydrogen-bond donors (Lipinski definition) is 0. The van der Waals surface area contributed by atoms with E-state index < -0.39 is 5.60 Å². The summed E-state index contributed by atoms with van der Waals surface area (Å²) in [7, 11) is 1.80. The van der Waals surface area contributed by atoms with Crippen molar-refractivity contribution in [2.45, 2.75) is 38.2 Å². The normalized spacial score (nSPS) is 18.0. The Morgan fingerprint density at radius 2 is 2.21 bits per heavy atom. The Labute approximate surface area is 110 Å². The number of nitrogens with zero attached hydrogens (tertiary/aromatic N) is 5. The van der Waals surface area contributed by atoms with Crippen LogP contribution in [0.15, 0.2) is 10.7 Å². The molecule has 1 fully saturated rings. The van der Waals surface area contributed by atoms with Gasteiger partial charge in [0.05, 0.1) is 6.20 Å². The Balaban J connectivity index is 1.91. The van der Waals surface area contributed by atoms with Gasteiger partial charge in [-0.15, -0.1) is 5.10 Å². The summed E-state index contributed by atoms with van der Waals surface area (Å²) in [5, 5.41) is 11.8. The van der Waals surface area contributed by atoms with Crippen molar-refractivity contribution in [3.05, 3.63) is 12.1 Å². The van der Waals surface area contributed by atoms with Crippen molar-refractivity contribution in [1.29, 1.82) is 0 Å². The zero-order valence-corrected chi connectivity index (χ0v) is 11.2. The van der Waals surface area contributed by atoms with E-state index in [9.17, 15) is 0 Å². The molecule has 1 aliphatic carbocycles. The van der Waals surface area contributed by atoms with Crippen molar-refractivity contribution in [2.75, 3.05) is 6.61 Å². The van der Waals surface area contributed by atoms with Gasteiger partial charge in [-0.3, -0.25) is 4.68 Å². The molecule has 0 N–H and O–H groups in total. The van der Waals surface area contributed by atoms with Gasteiger partial charge in [0.2, 0.25) is 5.82 Å². The summed E-state index contributed by atoms with van der Waals surface area (Å²) >= 11 is 0. The Kier molecular flexibility index (Phi) is 3.06. The molecule has 19 heavy (non-hydrogen) atoms. The summed E-state index contributed by atoms with van der Waals surface area (Å²) in [5.41, 5.74) is 0.213. The van der Waals surface area contributed by atoms with Crippen LogP contribution >= 0.6 is 0 Å². The molecule has 102 valence electrons. The lowest BCUT2D eigenvalue weighted by Crippen LogP contribution is -2.26. The third-order valence-corrected chi connectivity index (χ3v) is 3.48. The number of hydrogen-bond acceptors (Lipinski definition) is 6. The van der Waals surface area contributed by atoms with Gasteiger partial charge in [-0.1, -0.05) is 10.4 Å². The first-order valence-corrected chi connectivity index (χ1v) is 6.58. The lowest BCUT2D eigenvalue weighted by atomic mass is 10.0. The Hall–Kier alpha value is -1.76. The van der Waals surface area contributed by atoms with Crippen LogP contribution in [0.2, 0.25) is 0 Å². The quantitative estimate of drug-likeness (QED) is 0.834. The number of rotatable bonds is 4. The van der Waals surface area contributed by atoms with Gasteiger partial charge in [0.1, 0.15) is 5.60 Å². The zero-order chi connectivity index (χ0) is 13.3. The molecule has 0 radical (unpaired) electrons. The maximum absolute atomic E-state index is 5.89. The SMILES string of the molecule is CCOC1(c2nc(-c3cn(C)nn3)no2)CCCC1. The van der Waals surface area contributed by atoms with Crippen molar-refractivity contribution in [1.82, 2.24) is 25.1 Å². The Bertz CT molecular complexity index is 556. The first kappa shape index (κ1) is 12.3. The minimum absolute atomic E-state index is 0.401. The summed E-state index contributed by atoms with van der Waals surface area (Å²) in [6, 6.07) is 0. The molecule has 2 aromatic rings. The largest absolute Gasteiger partial charge is 0.365 e. The summed E-state index contributed by atoms with van der Waals surface area (Å²) < 4.78 is 12.9. The van der Waals surface area contributed by atoms with E-state index in [1.165, 1.54) is 0 Å². The highest BCUT2D eigenvalue weighted by Crippen LogP contribution is 2.41. The first-order chi connectivity index (χ1) is 9.23. The third-order valence-electron chi connectivity index (χ3n) is 3.48. The maximum Gasteiger partial charge on any atom is 0.259 e. The van der Waals surface area contributed by atoms with Gasteiger partial charge in [-0.25, -0.2) is 0 Å². The van der Waals surface area contributed by atoms with E-state index in [1.807, 2.05) is 6.92 Å². The topological polar surface area (TPSA) is 78.9 Å². The van der Waals surface area contributed by atoms with Crippen molar-refractivity contribution >= 4 is 0 Å². The van der Waals surface area contributed by atoms with Crippen LogP contribution in [0, 0.1) is 0 Å². The Morgan fingerprint density at radius 1 is 1.42 bits per heavy atom. The number of ether oxygens (including phenoxy) is 1. The molecule has 2 heterocycles. The fourth-order valence-electron chi connectivity index (χ4n) is 2.60. The number of aryl methyl sites for hydroxylation is 1. The molecule has 0 amide bonds. The van der Waals surface area contributed by atoms with Gasteiger partial charge in [0, 0.05) is 13.7 Å². The molecule has 0 saturated heterocycles. The predicted molar refractivity (Wildman–Crippen MR) is 66.1 cm³/mol. The molecular formula is C12H17N5O2. The summed E-state index contributed by atoms with van der Waals surface area (Å²) in [6.45, 7) is 2.63. The van der Waals surface area contributed by atoms with Gasteiger partial charge in [-0.2, -0.15) is 4.98 Å². The van der Waals surface area contributed by atoms with Gasteiger partial charge in [-0.05, 0) is 32.6 Å². The van der Waals surface area contributed by atoms with E-state index >= 15 is 0 Å². The lowest BCUT2D eigenvalue weighted by Gasteiger charge is -2.23. The predicted octanol–water partition coefficient (Wildman–Crippen LogP) is 1.67. The number of aromatic nitrogens is 5. The molecule has 0 atom stereocenters. The molecule has 3 rings (SSSR count). The molecule has 0 unspecified atom stereocenters. The fraction of sp³-hybridized carbons (Fsp3) is 0.667. The molecule has 1 saturated carbocycles. The smallest absolute Gasteiger partial charge is 0.259 e. The van der Waals surface area contributed by atoms with E-state index in [2.05, 4.69) is 20.5 Å². The van der Waals surface area contributed by atoms with E-state index in [0.29, 0.717) is 24.0 Å². The molecule has 2 aromatic heterocycles. The average Bonchev–Trinajstić information content (AvgIpc) is 3.07. The van der Waals surface area contributed by atoms with Crippen LogP contribution in [0.4, 0.5) is 0 Å². The molecule has 0 bridgehead atoms. The molecule has 7 nitrogen and oxygen atoms in total. The van der Waals surface area contributed by atoms with Crippen LogP contribution in [0.25, 0.3) is 11.5 Å². The van der Waals surface area contributed by atoms with Crippen LogP contribution in [0.3, 0.4) is 0 Å².